The molecule has 2 aromatic rings. The molecule has 0 unspecified atom stereocenters. The Labute approximate surface area is 106 Å². The Hall–Kier alpha value is -1.69. The average Bonchev–Trinajstić information content (AvgIpc) is 2.22. The van der Waals surface area contributed by atoms with Gasteiger partial charge in [-0.05, 0) is 19.1 Å². The standard InChI is InChI=1S/C11H9BrFN3O/c1-6-5-15-11(14)16-10(6)17-9-3-7(12)2-8(13)4-9/h2-5H,1H3,(H2,14,15,16). The predicted octanol–water partition coefficient (Wildman–Crippen LogP) is 3.06. The number of aromatic nitrogens is 2. The van der Waals surface area contributed by atoms with Crippen molar-refractivity contribution in [3.05, 3.63) is 40.2 Å². The van der Waals surface area contributed by atoms with Crippen molar-refractivity contribution in [1.82, 2.24) is 9.97 Å². The summed E-state index contributed by atoms with van der Waals surface area (Å²) in [7, 11) is 0. The number of nitrogen functional groups attached to an aromatic ring is 1. The van der Waals surface area contributed by atoms with Crippen LogP contribution in [0.15, 0.2) is 28.9 Å². The fourth-order valence-electron chi connectivity index (χ4n) is 1.24. The second kappa shape index (κ2) is 4.67. The Morgan fingerprint density at radius 3 is 2.82 bits per heavy atom. The molecule has 0 spiro atoms. The SMILES string of the molecule is Cc1cnc(N)nc1Oc1cc(F)cc(Br)c1. The molecule has 2 rings (SSSR count). The van der Waals surface area contributed by atoms with Gasteiger partial charge in [0.1, 0.15) is 11.6 Å². The Balaban J connectivity index is 2.34. The molecule has 88 valence electrons. The Morgan fingerprint density at radius 2 is 2.12 bits per heavy atom. The number of benzene rings is 1. The molecule has 0 atom stereocenters. The Kier molecular flexibility index (Phi) is 3.23. The zero-order valence-corrected chi connectivity index (χ0v) is 10.5. The number of ether oxygens (including phenoxy) is 1. The van der Waals surface area contributed by atoms with Gasteiger partial charge in [-0.25, -0.2) is 9.37 Å². The smallest absolute Gasteiger partial charge is 0.226 e. The van der Waals surface area contributed by atoms with Crippen molar-refractivity contribution >= 4 is 21.9 Å². The predicted molar refractivity (Wildman–Crippen MR) is 65.4 cm³/mol. The van der Waals surface area contributed by atoms with E-state index in [1.807, 2.05) is 0 Å². The lowest BCUT2D eigenvalue weighted by Crippen LogP contribution is -1.99. The van der Waals surface area contributed by atoms with Gasteiger partial charge in [-0.15, -0.1) is 0 Å². The van der Waals surface area contributed by atoms with Gasteiger partial charge in [0.05, 0.1) is 0 Å². The number of rotatable bonds is 2. The van der Waals surface area contributed by atoms with Crippen LogP contribution in [0.3, 0.4) is 0 Å². The van der Waals surface area contributed by atoms with Gasteiger partial charge in [0.15, 0.2) is 0 Å². The largest absolute Gasteiger partial charge is 0.438 e. The van der Waals surface area contributed by atoms with Gasteiger partial charge >= 0.3 is 0 Å². The monoisotopic (exact) mass is 297 g/mol. The van der Waals surface area contributed by atoms with Crippen LogP contribution in [0.5, 0.6) is 11.6 Å². The first-order valence-corrected chi connectivity index (χ1v) is 5.57. The number of aryl methyl sites for hydroxylation is 1. The van der Waals surface area contributed by atoms with Crippen molar-refractivity contribution < 1.29 is 9.13 Å². The molecular formula is C11H9BrFN3O. The van der Waals surface area contributed by atoms with Gasteiger partial charge < -0.3 is 10.5 Å². The summed E-state index contributed by atoms with van der Waals surface area (Å²) < 4.78 is 19.2. The summed E-state index contributed by atoms with van der Waals surface area (Å²) >= 11 is 3.18. The van der Waals surface area contributed by atoms with Crippen molar-refractivity contribution in [2.45, 2.75) is 6.92 Å². The molecule has 0 aliphatic carbocycles. The van der Waals surface area contributed by atoms with E-state index in [1.165, 1.54) is 12.1 Å². The van der Waals surface area contributed by atoms with E-state index < -0.39 is 5.82 Å². The zero-order valence-electron chi connectivity index (χ0n) is 8.95. The molecular weight excluding hydrogens is 289 g/mol. The van der Waals surface area contributed by atoms with E-state index in [0.29, 0.717) is 16.1 Å². The topological polar surface area (TPSA) is 61.0 Å². The highest BCUT2D eigenvalue weighted by molar-refractivity contribution is 9.10. The van der Waals surface area contributed by atoms with Crippen LogP contribution in [0.4, 0.5) is 10.3 Å². The second-order valence-corrected chi connectivity index (χ2v) is 4.34. The maximum absolute atomic E-state index is 13.1. The zero-order chi connectivity index (χ0) is 12.4. The summed E-state index contributed by atoms with van der Waals surface area (Å²) in [5.74, 6) is 0.378. The van der Waals surface area contributed by atoms with E-state index in [-0.39, 0.29) is 5.95 Å². The fraction of sp³-hybridized carbons (Fsp3) is 0.0909. The first kappa shape index (κ1) is 11.8. The third-order valence-electron chi connectivity index (χ3n) is 1.99. The molecule has 0 aliphatic heterocycles. The third-order valence-corrected chi connectivity index (χ3v) is 2.45. The van der Waals surface area contributed by atoms with Gasteiger partial charge in [0.2, 0.25) is 11.8 Å². The van der Waals surface area contributed by atoms with Crippen LogP contribution in [-0.2, 0) is 0 Å². The molecule has 0 bridgehead atoms. The van der Waals surface area contributed by atoms with Crippen molar-refractivity contribution in [3.8, 4) is 11.6 Å². The van der Waals surface area contributed by atoms with Crippen LogP contribution in [0.2, 0.25) is 0 Å². The minimum absolute atomic E-state index is 0.112. The van der Waals surface area contributed by atoms with E-state index in [0.717, 1.165) is 5.56 Å². The summed E-state index contributed by atoms with van der Waals surface area (Å²) in [5, 5.41) is 0. The number of nitrogens with zero attached hydrogens (tertiary/aromatic N) is 2. The van der Waals surface area contributed by atoms with Gasteiger partial charge in [0.25, 0.3) is 0 Å². The van der Waals surface area contributed by atoms with E-state index >= 15 is 0 Å². The summed E-state index contributed by atoms with van der Waals surface area (Å²) in [4.78, 5) is 7.75. The van der Waals surface area contributed by atoms with Crippen LogP contribution in [0, 0.1) is 12.7 Å². The first-order chi connectivity index (χ1) is 8.04. The van der Waals surface area contributed by atoms with Crippen LogP contribution in [0.25, 0.3) is 0 Å². The highest BCUT2D eigenvalue weighted by atomic mass is 79.9. The van der Waals surface area contributed by atoms with Gasteiger partial charge in [0, 0.05) is 22.3 Å². The Bertz CT molecular complexity index is 542. The molecule has 0 aliphatic rings. The number of anilines is 1. The highest BCUT2D eigenvalue weighted by Gasteiger charge is 2.06. The minimum atomic E-state index is -0.394. The summed E-state index contributed by atoms with van der Waals surface area (Å²) in [6, 6.07) is 4.25. The quantitative estimate of drug-likeness (QED) is 0.925. The maximum Gasteiger partial charge on any atom is 0.226 e. The molecule has 2 N–H and O–H groups in total. The van der Waals surface area contributed by atoms with E-state index in [4.69, 9.17) is 10.5 Å². The molecule has 6 heteroatoms. The Morgan fingerprint density at radius 1 is 1.35 bits per heavy atom. The van der Waals surface area contributed by atoms with Crippen molar-refractivity contribution in [2.24, 2.45) is 0 Å². The van der Waals surface area contributed by atoms with Crippen LogP contribution in [-0.4, -0.2) is 9.97 Å². The van der Waals surface area contributed by atoms with Crippen molar-refractivity contribution in [1.29, 1.82) is 0 Å². The third kappa shape index (κ3) is 2.91. The van der Waals surface area contributed by atoms with E-state index in [1.54, 1.807) is 19.2 Å². The fourth-order valence-corrected chi connectivity index (χ4v) is 1.69. The number of hydrogen-bond acceptors (Lipinski definition) is 4. The first-order valence-electron chi connectivity index (χ1n) is 4.77. The molecule has 1 heterocycles. The second-order valence-electron chi connectivity index (χ2n) is 3.42. The number of halogens is 2. The molecule has 1 aromatic carbocycles. The average molecular weight is 298 g/mol. The lowest BCUT2D eigenvalue weighted by atomic mass is 10.3. The van der Waals surface area contributed by atoms with Gasteiger partial charge in [-0.1, -0.05) is 15.9 Å². The van der Waals surface area contributed by atoms with Crippen molar-refractivity contribution in [3.63, 3.8) is 0 Å². The minimum Gasteiger partial charge on any atom is -0.438 e. The highest BCUT2D eigenvalue weighted by Crippen LogP contribution is 2.26. The molecule has 17 heavy (non-hydrogen) atoms. The summed E-state index contributed by atoms with van der Waals surface area (Å²) in [5.41, 5.74) is 6.18. The maximum atomic E-state index is 13.1. The van der Waals surface area contributed by atoms with Crippen LogP contribution in [0.1, 0.15) is 5.56 Å². The molecule has 0 amide bonds. The molecule has 0 saturated heterocycles. The molecule has 4 nitrogen and oxygen atoms in total. The van der Waals surface area contributed by atoms with Crippen molar-refractivity contribution in [2.75, 3.05) is 5.73 Å². The lowest BCUT2D eigenvalue weighted by molar-refractivity contribution is 0.453. The number of hydrogen-bond donors (Lipinski definition) is 1. The summed E-state index contributed by atoms with van der Waals surface area (Å²) in [6.45, 7) is 1.78. The molecule has 1 aromatic heterocycles. The van der Waals surface area contributed by atoms with Gasteiger partial charge in [-0.3, -0.25) is 0 Å². The summed E-state index contributed by atoms with van der Waals surface area (Å²) in [6.07, 6.45) is 1.55. The van der Waals surface area contributed by atoms with Crippen LogP contribution >= 0.6 is 15.9 Å². The molecule has 0 saturated carbocycles. The number of nitrogens with two attached hydrogens (primary N) is 1. The van der Waals surface area contributed by atoms with Gasteiger partial charge in [-0.2, -0.15) is 4.98 Å². The lowest BCUT2D eigenvalue weighted by Gasteiger charge is -2.08. The van der Waals surface area contributed by atoms with Crippen LogP contribution < -0.4 is 10.5 Å². The van der Waals surface area contributed by atoms with E-state index in [9.17, 15) is 4.39 Å². The van der Waals surface area contributed by atoms with E-state index in [2.05, 4.69) is 25.9 Å². The molecule has 0 radical (unpaired) electrons. The normalized spacial score (nSPS) is 10.3. The molecule has 0 fully saturated rings.